The molecular weight excluding hydrogens is 212 g/mol. The molecule has 5 atom stereocenters. The number of hydrogen-bond donors (Lipinski definition) is 2. The van der Waals surface area contributed by atoms with Gasteiger partial charge in [0.2, 0.25) is 0 Å². The number of carbonyl (C=O) groups excluding carboxylic acids is 1. The van der Waals surface area contributed by atoms with Crippen LogP contribution in [0.15, 0.2) is 0 Å². The molecule has 2 amide bonds. The van der Waals surface area contributed by atoms with Gasteiger partial charge in [0.15, 0.2) is 0 Å². The Morgan fingerprint density at radius 3 is 1.82 bits per heavy atom. The molecule has 3 nitrogen and oxygen atoms in total. The lowest BCUT2D eigenvalue weighted by Crippen LogP contribution is -2.49. The number of nitrogens with one attached hydrogen (secondary N) is 1. The predicted molar refractivity (Wildman–Crippen MR) is 69.5 cm³/mol. The molecule has 0 aromatic rings. The standard InChI is InChI=1S/C14H26N2O/c1-9-5-3-7-11(9)13(16-14(15)17)12-8-4-6-10(12)2/h9-13H,3-8H2,1-2H3,(H3,15,16,17)/t9-,10?,11?,12?,13?/m0/s1. The van der Waals surface area contributed by atoms with E-state index in [1.54, 1.807) is 0 Å². The lowest BCUT2D eigenvalue weighted by atomic mass is 9.78. The second-order valence-corrected chi connectivity index (χ2v) is 6.18. The van der Waals surface area contributed by atoms with Gasteiger partial charge >= 0.3 is 6.03 Å². The van der Waals surface area contributed by atoms with Gasteiger partial charge in [-0.1, -0.05) is 39.5 Å². The molecule has 2 aliphatic carbocycles. The minimum atomic E-state index is -0.340. The van der Waals surface area contributed by atoms with E-state index in [1.807, 2.05) is 0 Å². The van der Waals surface area contributed by atoms with Crippen LogP contribution in [-0.4, -0.2) is 12.1 Å². The summed E-state index contributed by atoms with van der Waals surface area (Å²) in [6, 6.07) is -0.0179. The molecule has 2 fully saturated rings. The zero-order valence-electron chi connectivity index (χ0n) is 11.1. The molecule has 17 heavy (non-hydrogen) atoms. The highest BCUT2D eigenvalue weighted by atomic mass is 16.2. The van der Waals surface area contributed by atoms with Gasteiger partial charge in [-0.25, -0.2) is 4.79 Å². The van der Waals surface area contributed by atoms with E-state index < -0.39 is 0 Å². The minimum Gasteiger partial charge on any atom is -0.352 e. The van der Waals surface area contributed by atoms with Crippen LogP contribution in [0.4, 0.5) is 4.79 Å². The molecule has 2 rings (SSSR count). The zero-order chi connectivity index (χ0) is 12.4. The molecule has 3 heteroatoms. The average Bonchev–Trinajstić information content (AvgIpc) is 2.84. The maximum absolute atomic E-state index is 11.2. The van der Waals surface area contributed by atoms with Gasteiger partial charge in [-0.15, -0.1) is 0 Å². The topological polar surface area (TPSA) is 55.1 Å². The molecule has 2 saturated carbocycles. The SMILES string of the molecule is CC1CCCC1C(NC(N)=O)C1CCC[C@@H]1C. The van der Waals surface area contributed by atoms with Gasteiger partial charge in [-0.2, -0.15) is 0 Å². The number of urea groups is 1. The molecule has 0 heterocycles. The maximum Gasteiger partial charge on any atom is 0.312 e. The lowest BCUT2D eigenvalue weighted by molar-refractivity contribution is 0.189. The monoisotopic (exact) mass is 238 g/mol. The summed E-state index contributed by atoms with van der Waals surface area (Å²) in [6.45, 7) is 4.65. The number of primary amides is 1. The minimum absolute atomic E-state index is 0.322. The van der Waals surface area contributed by atoms with Crippen molar-refractivity contribution >= 4 is 6.03 Å². The summed E-state index contributed by atoms with van der Waals surface area (Å²) in [6.07, 6.45) is 7.75. The van der Waals surface area contributed by atoms with E-state index in [4.69, 9.17) is 5.73 Å². The Balaban J connectivity index is 2.09. The molecule has 0 radical (unpaired) electrons. The van der Waals surface area contributed by atoms with Crippen molar-refractivity contribution in [2.75, 3.05) is 0 Å². The first-order valence-corrected chi connectivity index (χ1v) is 7.15. The van der Waals surface area contributed by atoms with Crippen molar-refractivity contribution in [2.24, 2.45) is 29.4 Å². The van der Waals surface area contributed by atoms with E-state index in [1.165, 1.54) is 38.5 Å². The number of hydrogen-bond acceptors (Lipinski definition) is 1. The van der Waals surface area contributed by atoms with Crippen molar-refractivity contribution in [2.45, 2.75) is 58.4 Å². The van der Waals surface area contributed by atoms with Crippen LogP contribution in [0.3, 0.4) is 0 Å². The van der Waals surface area contributed by atoms with E-state index in [-0.39, 0.29) is 6.03 Å². The molecule has 2 aliphatic rings. The van der Waals surface area contributed by atoms with Gasteiger partial charge in [0.05, 0.1) is 0 Å². The van der Waals surface area contributed by atoms with Crippen LogP contribution in [-0.2, 0) is 0 Å². The highest BCUT2D eigenvalue weighted by Crippen LogP contribution is 2.42. The predicted octanol–water partition coefficient (Wildman–Crippen LogP) is 2.90. The molecule has 0 spiro atoms. The highest BCUT2D eigenvalue weighted by molar-refractivity contribution is 5.72. The van der Waals surface area contributed by atoms with E-state index >= 15 is 0 Å². The fraction of sp³-hybridized carbons (Fsp3) is 0.929. The summed E-state index contributed by atoms with van der Waals surface area (Å²) in [5.74, 6) is 2.76. The van der Waals surface area contributed by atoms with Crippen LogP contribution in [0.25, 0.3) is 0 Å². The van der Waals surface area contributed by atoms with Crippen molar-refractivity contribution < 1.29 is 4.79 Å². The Labute approximate surface area is 105 Å². The van der Waals surface area contributed by atoms with E-state index in [2.05, 4.69) is 19.2 Å². The molecule has 0 saturated heterocycles. The second-order valence-electron chi connectivity index (χ2n) is 6.18. The normalized spacial score (nSPS) is 39.2. The van der Waals surface area contributed by atoms with Crippen LogP contribution in [0, 0.1) is 23.7 Å². The highest BCUT2D eigenvalue weighted by Gasteiger charge is 2.39. The summed E-state index contributed by atoms with van der Waals surface area (Å²) >= 11 is 0. The smallest absolute Gasteiger partial charge is 0.312 e. The second kappa shape index (κ2) is 5.28. The van der Waals surface area contributed by atoms with Crippen molar-refractivity contribution in [3.05, 3.63) is 0 Å². The Morgan fingerprint density at radius 2 is 1.53 bits per heavy atom. The lowest BCUT2D eigenvalue weighted by Gasteiger charge is -2.34. The van der Waals surface area contributed by atoms with Gasteiger partial charge in [0, 0.05) is 6.04 Å². The average molecular weight is 238 g/mol. The van der Waals surface area contributed by atoms with Gasteiger partial charge < -0.3 is 11.1 Å². The number of amides is 2. The summed E-state index contributed by atoms with van der Waals surface area (Å²) in [5.41, 5.74) is 5.37. The third-order valence-corrected chi connectivity index (χ3v) is 5.09. The molecule has 98 valence electrons. The van der Waals surface area contributed by atoms with Crippen molar-refractivity contribution in [3.63, 3.8) is 0 Å². The first kappa shape index (κ1) is 12.7. The third-order valence-electron chi connectivity index (χ3n) is 5.09. The van der Waals surface area contributed by atoms with Crippen LogP contribution >= 0.6 is 0 Å². The molecule has 4 unspecified atom stereocenters. The summed E-state index contributed by atoms with van der Waals surface area (Å²) < 4.78 is 0. The van der Waals surface area contributed by atoms with Crippen molar-refractivity contribution in [1.82, 2.24) is 5.32 Å². The number of carbonyl (C=O) groups is 1. The summed E-state index contributed by atoms with van der Waals surface area (Å²) in [5, 5.41) is 3.06. The molecule has 0 bridgehead atoms. The third kappa shape index (κ3) is 2.75. The van der Waals surface area contributed by atoms with Gasteiger partial charge in [-0.05, 0) is 36.5 Å². The van der Waals surface area contributed by atoms with Gasteiger partial charge in [0.25, 0.3) is 0 Å². The number of nitrogens with two attached hydrogens (primary N) is 1. The maximum atomic E-state index is 11.2. The fourth-order valence-corrected chi connectivity index (χ4v) is 4.11. The van der Waals surface area contributed by atoms with Crippen molar-refractivity contribution in [1.29, 1.82) is 0 Å². The fourth-order valence-electron chi connectivity index (χ4n) is 4.11. The largest absolute Gasteiger partial charge is 0.352 e. The van der Waals surface area contributed by atoms with Crippen LogP contribution < -0.4 is 11.1 Å². The van der Waals surface area contributed by atoms with Crippen LogP contribution in [0.1, 0.15) is 52.4 Å². The summed E-state index contributed by atoms with van der Waals surface area (Å²) in [7, 11) is 0. The van der Waals surface area contributed by atoms with Gasteiger partial charge in [-0.3, -0.25) is 0 Å². The molecular formula is C14H26N2O. The first-order chi connectivity index (χ1) is 8.09. The Hall–Kier alpha value is -0.730. The zero-order valence-corrected chi connectivity index (χ0v) is 11.1. The molecule has 3 N–H and O–H groups in total. The van der Waals surface area contributed by atoms with E-state index in [9.17, 15) is 4.79 Å². The quantitative estimate of drug-likeness (QED) is 0.780. The number of rotatable bonds is 3. The molecule has 0 aliphatic heterocycles. The Morgan fingerprint density at radius 1 is 1.06 bits per heavy atom. The first-order valence-electron chi connectivity index (χ1n) is 7.15. The molecule has 0 aromatic carbocycles. The van der Waals surface area contributed by atoms with Crippen molar-refractivity contribution in [3.8, 4) is 0 Å². The Bertz CT molecular complexity index is 259. The van der Waals surface area contributed by atoms with E-state index in [0.717, 1.165) is 11.8 Å². The molecule has 0 aromatic heterocycles. The van der Waals surface area contributed by atoms with Crippen LogP contribution in [0.5, 0.6) is 0 Å². The summed E-state index contributed by atoms with van der Waals surface area (Å²) in [4.78, 5) is 11.2. The Kier molecular flexibility index (Phi) is 3.95. The van der Waals surface area contributed by atoms with Gasteiger partial charge in [0.1, 0.15) is 0 Å². The van der Waals surface area contributed by atoms with Crippen LogP contribution in [0.2, 0.25) is 0 Å². The van der Waals surface area contributed by atoms with E-state index in [0.29, 0.717) is 17.9 Å².